The van der Waals surface area contributed by atoms with Crippen LogP contribution in [-0.2, 0) is 33.6 Å². The number of nitrogens with one attached hydrogen (secondary N) is 1. The van der Waals surface area contributed by atoms with Crippen molar-refractivity contribution in [1.29, 1.82) is 0 Å². The molecule has 1 fully saturated rings. The van der Waals surface area contributed by atoms with E-state index in [1.807, 2.05) is 41.7 Å². The number of amides is 1. The van der Waals surface area contributed by atoms with Crippen molar-refractivity contribution in [3.8, 4) is 0 Å². The number of fused-ring (bicyclic) bond motifs is 1. The van der Waals surface area contributed by atoms with Crippen molar-refractivity contribution < 1.29 is 4.79 Å². The van der Waals surface area contributed by atoms with Gasteiger partial charge in [-0.15, -0.1) is 0 Å². The van der Waals surface area contributed by atoms with Gasteiger partial charge in [0.2, 0.25) is 0 Å². The van der Waals surface area contributed by atoms with Gasteiger partial charge in [0.05, 0.1) is 5.69 Å². The molecular weight excluding hydrogens is 434 g/mol. The third kappa shape index (κ3) is 4.52. The molecule has 0 aromatic carbocycles. The molecule has 0 unspecified atom stereocenters. The Balaban J connectivity index is 1.26. The lowest BCUT2D eigenvalue weighted by molar-refractivity contribution is 0.0942. The summed E-state index contributed by atoms with van der Waals surface area (Å²) in [6.45, 7) is 6.43. The maximum Gasteiger partial charge on any atom is 0.268 e. The highest BCUT2D eigenvalue weighted by Gasteiger charge is 2.23. The van der Waals surface area contributed by atoms with Gasteiger partial charge in [-0.25, -0.2) is 9.29 Å². The SMILES string of the molecule is Cc1c(SN2CCc3nn(C)cc3C2)cc(C(=O)NCc2cccnc2N2CCCC2)n1C. The Labute approximate surface area is 199 Å². The number of carbonyl (C=O) groups is 1. The highest BCUT2D eigenvalue weighted by atomic mass is 32.2. The average Bonchev–Trinajstić information content (AvgIpc) is 3.53. The summed E-state index contributed by atoms with van der Waals surface area (Å²) in [5.74, 6) is 0.936. The predicted octanol–water partition coefficient (Wildman–Crippen LogP) is 3.06. The molecular formula is C24H31N7OS. The van der Waals surface area contributed by atoms with E-state index in [9.17, 15) is 4.79 Å². The number of pyridine rings is 1. The first-order valence-corrected chi connectivity index (χ1v) is 12.3. The molecule has 3 aromatic heterocycles. The molecule has 2 aliphatic heterocycles. The molecule has 8 nitrogen and oxygen atoms in total. The maximum absolute atomic E-state index is 13.1. The van der Waals surface area contributed by atoms with E-state index in [4.69, 9.17) is 0 Å². The Bertz CT molecular complexity index is 1160. The molecule has 1 amide bonds. The average molecular weight is 466 g/mol. The molecule has 174 valence electrons. The minimum Gasteiger partial charge on any atom is -0.356 e. The molecule has 5 rings (SSSR count). The van der Waals surface area contributed by atoms with Crippen LogP contribution in [0.1, 0.15) is 45.8 Å². The zero-order valence-corrected chi connectivity index (χ0v) is 20.4. The van der Waals surface area contributed by atoms with E-state index >= 15 is 0 Å². The monoisotopic (exact) mass is 465 g/mol. The van der Waals surface area contributed by atoms with E-state index in [0.29, 0.717) is 12.2 Å². The molecule has 1 N–H and O–H groups in total. The molecule has 0 bridgehead atoms. The molecule has 1 saturated heterocycles. The second-order valence-corrected chi connectivity index (χ2v) is 10.0. The molecule has 0 atom stereocenters. The first-order valence-electron chi connectivity index (χ1n) is 11.6. The molecule has 0 radical (unpaired) electrons. The van der Waals surface area contributed by atoms with Crippen molar-refractivity contribution >= 4 is 23.7 Å². The van der Waals surface area contributed by atoms with E-state index in [1.54, 1.807) is 11.9 Å². The van der Waals surface area contributed by atoms with E-state index in [2.05, 4.69) is 43.8 Å². The fourth-order valence-corrected chi connectivity index (χ4v) is 5.77. The standard InChI is InChI=1S/C24H31N7OS/c1-17-22(33-31-12-8-20-19(16-31)15-28(2)27-20)13-21(29(17)3)24(32)26-14-18-7-6-9-25-23(18)30-10-4-5-11-30/h6-7,9,13,15H,4-5,8,10-12,14,16H2,1-3H3,(H,26,32). The van der Waals surface area contributed by atoms with Crippen LogP contribution in [0.5, 0.6) is 0 Å². The molecule has 33 heavy (non-hydrogen) atoms. The summed E-state index contributed by atoms with van der Waals surface area (Å²) in [5.41, 5.74) is 5.33. The first kappa shape index (κ1) is 22.0. The van der Waals surface area contributed by atoms with Crippen LogP contribution < -0.4 is 10.2 Å². The minimum atomic E-state index is -0.0585. The van der Waals surface area contributed by atoms with Crippen molar-refractivity contribution in [3.63, 3.8) is 0 Å². The highest BCUT2D eigenvalue weighted by molar-refractivity contribution is 7.97. The lowest BCUT2D eigenvalue weighted by Gasteiger charge is -2.24. The number of hydrogen-bond acceptors (Lipinski definition) is 6. The molecule has 2 aliphatic rings. The highest BCUT2D eigenvalue weighted by Crippen LogP contribution is 2.32. The van der Waals surface area contributed by atoms with Gasteiger partial charge in [-0.2, -0.15) is 5.10 Å². The third-order valence-electron chi connectivity index (χ3n) is 6.60. The topological polar surface area (TPSA) is 71.2 Å². The number of nitrogens with zero attached hydrogens (tertiary/aromatic N) is 6. The lowest BCUT2D eigenvalue weighted by atomic mass is 10.1. The third-order valence-corrected chi connectivity index (χ3v) is 7.78. The van der Waals surface area contributed by atoms with E-state index < -0.39 is 0 Å². The minimum absolute atomic E-state index is 0.0585. The van der Waals surface area contributed by atoms with Gasteiger partial charge in [0.1, 0.15) is 11.5 Å². The number of rotatable bonds is 6. The number of hydrogen-bond donors (Lipinski definition) is 1. The molecule has 5 heterocycles. The van der Waals surface area contributed by atoms with Crippen LogP contribution in [0, 0.1) is 6.92 Å². The maximum atomic E-state index is 13.1. The van der Waals surface area contributed by atoms with Gasteiger partial charge < -0.3 is 14.8 Å². The van der Waals surface area contributed by atoms with Gasteiger partial charge in [0.15, 0.2) is 0 Å². The van der Waals surface area contributed by atoms with Crippen molar-refractivity contribution in [1.82, 2.24) is 29.0 Å². The second-order valence-electron chi connectivity index (χ2n) is 8.88. The van der Waals surface area contributed by atoms with Gasteiger partial charge in [-0.3, -0.25) is 9.48 Å². The molecule has 0 aliphatic carbocycles. The Morgan fingerprint density at radius 2 is 2.03 bits per heavy atom. The summed E-state index contributed by atoms with van der Waals surface area (Å²) < 4.78 is 6.24. The van der Waals surface area contributed by atoms with Crippen molar-refractivity contribution in [2.75, 3.05) is 24.5 Å². The molecule has 3 aromatic rings. The van der Waals surface area contributed by atoms with Gasteiger partial charge >= 0.3 is 0 Å². The quantitative estimate of drug-likeness (QED) is 0.564. The Morgan fingerprint density at radius 3 is 2.85 bits per heavy atom. The van der Waals surface area contributed by atoms with Crippen molar-refractivity contribution in [3.05, 3.63) is 58.8 Å². The number of anilines is 1. The van der Waals surface area contributed by atoms with Crippen molar-refractivity contribution in [2.45, 2.75) is 44.2 Å². The van der Waals surface area contributed by atoms with Crippen LogP contribution in [0.2, 0.25) is 0 Å². The summed E-state index contributed by atoms with van der Waals surface area (Å²) in [5, 5.41) is 7.66. The second kappa shape index (κ2) is 9.23. The lowest BCUT2D eigenvalue weighted by Crippen LogP contribution is -2.27. The van der Waals surface area contributed by atoms with Gasteiger partial charge in [-0.05, 0) is 43.8 Å². The smallest absolute Gasteiger partial charge is 0.268 e. The van der Waals surface area contributed by atoms with E-state index in [0.717, 1.165) is 54.6 Å². The first-order chi connectivity index (χ1) is 16.0. The van der Waals surface area contributed by atoms with Crippen LogP contribution in [-0.4, -0.2) is 49.2 Å². The largest absolute Gasteiger partial charge is 0.356 e. The summed E-state index contributed by atoms with van der Waals surface area (Å²) >= 11 is 1.73. The van der Waals surface area contributed by atoms with Gasteiger partial charge in [-0.1, -0.05) is 6.07 Å². The fraction of sp³-hybridized carbons (Fsp3) is 0.458. The fourth-order valence-electron chi connectivity index (χ4n) is 4.67. The Morgan fingerprint density at radius 1 is 1.21 bits per heavy atom. The molecule has 0 saturated carbocycles. The van der Waals surface area contributed by atoms with Crippen LogP contribution >= 0.6 is 11.9 Å². The summed E-state index contributed by atoms with van der Waals surface area (Å²) in [4.78, 5) is 21.1. The van der Waals surface area contributed by atoms with Crippen LogP contribution in [0.25, 0.3) is 0 Å². The molecule has 0 spiro atoms. The van der Waals surface area contributed by atoms with Crippen molar-refractivity contribution in [2.24, 2.45) is 14.1 Å². The summed E-state index contributed by atoms with van der Waals surface area (Å²) in [6, 6.07) is 6.01. The normalized spacial score (nSPS) is 16.3. The van der Waals surface area contributed by atoms with Crippen LogP contribution in [0.4, 0.5) is 5.82 Å². The summed E-state index contributed by atoms with van der Waals surface area (Å²) in [6.07, 6.45) is 7.29. The zero-order valence-electron chi connectivity index (χ0n) is 19.5. The number of aryl methyl sites for hydroxylation is 1. The van der Waals surface area contributed by atoms with E-state index in [-0.39, 0.29) is 5.91 Å². The molecule has 9 heteroatoms. The van der Waals surface area contributed by atoms with E-state index in [1.165, 1.54) is 24.1 Å². The van der Waals surface area contributed by atoms with Gasteiger partial charge in [0.25, 0.3) is 5.91 Å². The van der Waals surface area contributed by atoms with Crippen LogP contribution in [0.15, 0.2) is 35.5 Å². The Kier molecular flexibility index (Phi) is 6.16. The van der Waals surface area contributed by atoms with Gasteiger partial charge in [0, 0.05) is 87.3 Å². The summed E-state index contributed by atoms with van der Waals surface area (Å²) in [7, 11) is 3.94. The number of carbonyl (C=O) groups excluding carboxylic acids is 1. The zero-order chi connectivity index (χ0) is 22.9. The number of aromatic nitrogens is 4. The predicted molar refractivity (Wildman–Crippen MR) is 130 cm³/mol. The Hall–Kier alpha value is -2.78. The van der Waals surface area contributed by atoms with Crippen LogP contribution in [0.3, 0.4) is 0 Å².